The number of fused-ring (bicyclic) bond motifs is 1. The Balaban J connectivity index is 1.92. The zero-order valence-corrected chi connectivity index (χ0v) is 15.9. The first-order chi connectivity index (χ1) is 12.3. The lowest BCUT2D eigenvalue weighted by atomic mass is 10.0. The Morgan fingerprint density at radius 1 is 1.04 bits per heavy atom. The molecular weight excluding hydrogens is 324 g/mol. The molecule has 0 fully saturated rings. The normalized spacial score (nSPS) is 12.2. The highest BCUT2D eigenvalue weighted by atomic mass is 16.1. The molecule has 0 aliphatic rings. The molecule has 0 saturated heterocycles. The second-order valence-corrected chi connectivity index (χ2v) is 6.86. The molecule has 0 amide bonds. The zero-order valence-electron chi connectivity index (χ0n) is 15.9. The molecule has 0 aliphatic carbocycles. The van der Waals surface area contributed by atoms with E-state index in [1.54, 1.807) is 0 Å². The summed E-state index contributed by atoms with van der Waals surface area (Å²) in [5.74, 6) is -0.0420. The van der Waals surface area contributed by atoms with Crippen molar-refractivity contribution in [3.05, 3.63) is 65.0 Å². The molecular formula is C22H24N2O2. The predicted octanol–water partition coefficient (Wildman–Crippen LogP) is 4.69. The number of aromatic amines is 1. The average Bonchev–Trinajstić information content (AvgIpc) is 2.93. The first-order valence-corrected chi connectivity index (χ1v) is 8.77. The van der Waals surface area contributed by atoms with E-state index in [1.807, 2.05) is 50.9 Å². The molecule has 1 aromatic heterocycles. The van der Waals surface area contributed by atoms with Crippen molar-refractivity contribution in [2.24, 2.45) is 0 Å². The van der Waals surface area contributed by atoms with Gasteiger partial charge in [0, 0.05) is 24.0 Å². The van der Waals surface area contributed by atoms with Gasteiger partial charge in [0.05, 0.1) is 11.7 Å². The van der Waals surface area contributed by atoms with Crippen LogP contribution in [0.25, 0.3) is 10.8 Å². The number of hydrogen-bond donors (Lipinski definition) is 1. The smallest absolute Gasteiger partial charge is 0.201 e. The Kier molecular flexibility index (Phi) is 4.68. The number of nitrogens with one attached hydrogen (secondary N) is 1. The Morgan fingerprint density at radius 2 is 1.69 bits per heavy atom. The molecule has 2 aromatic carbocycles. The van der Waals surface area contributed by atoms with Crippen LogP contribution in [0.3, 0.4) is 0 Å². The maximum atomic E-state index is 13.0. The van der Waals surface area contributed by atoms with Gasteiger partial charge in [0.1, 0.15) is 0 Å². The Morgan fingerprint density at radius 3 is 2.31 bits per heavy atom. The number of rotatable bonds is 5. The van der Waals surface area contributed by atoms with Gasteiger partial charge < -0.3 is 9.88 Å². The van der Waals surface area contributed by atoms with E-state index in [4.69, 9.17) is 0 Å². The van der Waals surface area contributed by atoms with Crippen molar-refractivity contribution < 1.29 is 9.59 Å². The van der Waals surface area contributed by atoms with Crippen molar-refractivity contribution >= 4 is 28.0 Å². The minimum atomic E-state index is -0.354. The lowest BCUT2D eigenvalue weighted by molar-refractivity contribution is 0.0961. The monoisotopic (exact) mass is 348 g/mol. The van der Waals surface area contributed by atoms with Gasteiger partial charge in [-0.25, -0.2) is 0 Å². The Bertz CT molecular complexity index is 1000. The second-order valence-electron chi connectivity index (χ2n) is 6.86. The van der Waals surface area contributed by atoms with Crippen molar-refractivity contribution in [1.29, 1.82) is 0 Å². The first-order valence-electron chi connectivity index (χ1n) is 8.77. The van der Waals surface area contributed by atoms with E-state index in [1.165, 1.54) is 12.3 Å². The summed E-state index contributed by atoms with van der Waals surface area (Å²) in [7, 11) is 1.92. The van der Waals surface area contributed by atoms with Gasteiger partial charge in [0.2, 0.25) is 5.78 Å². The quantitative estimate of drug-likeness (QED) is 0.680. The molecule has 0 bridgehead atoms. The summed E-state index contributed by atoms with van der Waals surface area (Å²) < 4.78 is 0. The van der Waals surface area contributed by atoms with E-state index in [0.29, 0.717) is 11.3 Å². The number of carbonyl (C=O) groups is 2. The van der Waals surface area contributed by atoms with Crippen molar-refractivity contribution in [2.75, 3.05) is 11.9 Å². The lowest BCUT2D eigenvalue weighted by Gasteiger charge is -2.26. The number of H-pyrrole nitrogens is 1. The van der Waals surface area contributed by atoms with Crippen LogP contribution in [0.15, 0.2) is 42.5 Å². The van der Waals surface area contributed by atoms with Gasteiger partial charge in [-0.05, 0) is 56.2 Å². The summed E-state index contributed by atoms with van der Waals surface area (Å²) in [5.41, 5.74) is 3.61. The number of anilines is 1. The van der Waals surface area contributed by atoms with Crippen molar-refractivity contribution in [3.63, 3.8) is 0 Å². The van der Waals surface area contributed by atoms with Crippen LogP contribution >= 0.6 is 0 Å². The van der Waals surface area contributed by atoms with Crippen LogP contribution in [0.2, 0.25) is 0 Å². The van der Waals surface area contributed by atoms with E-state index in [9.17, 15) is 9.59 Å². The fourth-order valence-corrected chi connectivity index (χ4v) is 3.53. The summed E-state index contributed by atoms with van der Waals surface area (Å²) in [6.45, 7) is 7.08. The molecule has 1 atom stereocenters. The number of likely N-dealkylation sites (N-methyl/N-ethyl adjacent to an activating group) is 1. The van der Waals surface area contributed by atoms with Crippen LogP contribution < -0.4 is 4.90 Å². The average molecular weight is 348 g/mol. The standard InChI is InChI=1S/C22H24N2O2/c1-13-20(16(4)25)14(2)23-21(13)22(26)15(3)24(5)19-11-10-17-8-6-7-9-18(17)12-19/h6-12,15,23H,1-5H3/t15-/m0/s1. The van der Waals surface area contributed by atoms with Crippen LogP contribution in [0.5, 0.6) is 0 Å². The molecule has 4 nitrogen and oxygen atoms in total. The number of aryl methyl sites for hydroxylation is 1. The largest absolute Gasteiger partial charge is 0.364 e. The summed E-state index contributed by atoms with van der Waals surface area (Å²) in [4.78, 5) is 30.0. The van der Waals surface area contributed by atoms with Gasteiger partial charge in [0.25, 0.3) is 0 Å². The Labute approximate surface area is 153 Å². The molecule has 4 heteroatoms. The van der Waals surface area contributed by atoms with Gasteiger partial charge in [0.15, 0.2) is 5.78 Å². The van der Waals surface area contributed by atoms with Crippen LogP contribution in [-0.2, 0) is 0 Å². The molecule has 1 N–H and O–H groups in total. The van der Waals surface area contributed by atoms with Gasteiger partial charge in [-0.1, -0.05) is 30.3 Å². The fraction of sp³-hybridized carbons (Fsp3) is 0.273. The molecule has 26 heavy (non-hydrogen) atoms. The Hall–Kier alpha value is -2.88. The minimum Gasteiger partial charge on any atom is -0.364 e. The minimum absolute atomic E-state index is 0.0197. The third-order valence-corrected chi connectivity index (χ3v) is 5.14. The van der Waals surface area contributed by atoms with Gasteiger partial charge in [-0.3, -0.25) is 9.59 Å². The number of aromatic nitrogens is 1. The van der Waals surface area contributed by atoms with Crippen LogP contribution in [-0.4, -0.2) is 29.6 Å². The highest BCUT2D eigenvalue weighted by molar-refractivity contribution is 6.06. The number of hydrogen-bond acceptors (Lipinski definition) is 3. The fourth-order valence-electron chi connectivity index (χ4n) is 3.53. The highest BCUT2D eigenvalue weighted by Gasteiger charge is 2.26. The maximum Gasteiger partial charge on any atom is 0.201 e. The number of benzene rings is 2. The van der Waals surface area contributed by atoms with E-state index in [0.717, 1.165) is 22.3 Å². The third-order valence-electron chi connectivity index (χ3n) is 5.14. The molecule has 1 heterocycles. The molecule has 0 radical (unpaired) electrons. The summed E-state index contributed by atoms with van der Waals surface area (Å²) in [6, 6.07) is 14.0. The number of ketones is 2. The number of nitrogens with zero attached hydrogens (tertiary/aromatic N) is 1. The first kappa shape index (κ1) is 17.9. The molecule has 0 aliphatic heterocycles. The topological polar surface area (TPSA) is 53.2 Å². The predicted molar refractivity (Wildman–Crippen MR) is 106 cm³/mol. The third kappa shape index (κ3) is 3.03. The van der Waals surface area contributed by atoms with E-state index in [-0.39, 0.29) is 17.6 Å². The zero-order chi connectivity index (χ0) is 19.0. The van der Waals surface area contributed by atoms with Crippen LogP contribution in [0.4, 0.5) is 5.69 Å². The van der Waals surface area contributed by atoms with E-state index < -0.39 is 0 Å². The molecule has 0 unspecified atom stereocenters. The van der Waals surface area contributed by atoms with Gasteiger partial charge in [-0.15, -0.1) is 0 Å². The molecule has 0 saturated carbocycles. The number of Topliss-reactive ketones (excluding diaryl/α,β-unsaturated/α-hetero) is 2. The molecule has 0 spiro atoms. The lowest BCUT2D eigenvalue weighted by Crippen LogP contribution is -2.36. The van der Waals surface area contributed by atoms with E-state index >= 15 is 0 Å². The number of carbonyl (C=O) groups excluding carboxylic acids is 2. The maximum absolute atomic E-state index is 13.0. The summed E-state index contributed by atoms with van der Waals surface area (Å²) >= 11 is 0. The SMILES string of the molecule is CC(=O)c1c(C)[nH]c(C(=O)[C@H](C)N(C)c2ccc3ccccc3c2)c1C. The van der Waals surface area contributed by atoms with Crippen molar-refractivity contribution in [2.45, 2.75) is 33.7 Å². The van der Waals surface area contributed by atoms with Crippen molar-refractivity contribution in [3.8, 4) is 0 Å². The molecule has 3 aromatic rings. The van der Waals surface area contributed by atoms with Gasteiger partial charge in [-0.2, -0.15) is 0 Å². The van der Waals surface area contributed by atoms with Crippen LogP contribution in [0.1, 0.15) is 46.0 Å². The summed E-state index contributed by atoms with van der Waals surface area (Å²) in [6.07, 6.45) is 0. The summed E-state index contributed by atoms with van der Waals surface area (Å²) in [5, 5.41) is 2.31. The molecule has 134 valence electrons. The second kappa shape index (κ2) is 6.79. The highest BCUT2D eigenvalue weighted by Crippen LogP contribution is 2.25. The van der Waals surface area contributed by atoms with Crippen LogP contribution in [0, 0.1) is 13.8 Å². The molecule has 3 rings (SSSR count). The van der Waals surface area contributed by atoms with Gasteiger partial charge >= 0.3 is 0 Å². The van der Waals surface area contributed by atoms with E-state index in [2.05, 4.69) is 29.2 Å². The van der Waals surface area contributed by atoms with Crippen molar-refractivity contribution in [1.82, 2.24) is 4.98 Å².